The van der Waals surface area contributed by atoms with Gasteiger partial charge in [0.15, 0.2) is 0 Å². The summed E-state index contributed by atoms with van der Waals surface area (Å²) in [6, 6.07) is 0. The monoisotopic (exact) mass is 329 g/mol. The van der Waals surface area contributed by atoms with Crippen molar-refractivity contribution in [2.45, 2.75) is 50.5 Å². The fraction of sp³-hybridized carbons (Fsp3) is 0.471. The number of thioether (sulfide) groups is 1. The molecule has 3 aromatic heterocycles. The van der Waals surface area contributed by atoms with Crippen LogP contribution >= 0.6 is 23.1 Å². The summed E-state index contributed by atoms with van der Waals surface area (Å²) in [4.78, 5) is 15.2. The predicted molar refractivity (Wildman–Crippen MR) is 95.2 cm³/mol. The third-order valence-corrected chi connectivity index (χ3v) is 6.37. The van der Waals surface area contributed by atoms with E-state index in [4.69, 9.17) is 4.98 Å². The molecule has 1 aliphatic rings. The van der Waals surface area contributed by atoms with Crippen LogP contribution in [0.25, 0.3) is 20.4 Å². The number of hydrogen-bond donors (Lipinski definition) is 0. The molecule has 3 heterocycles. The van der Waals surface area contributed by atoms with Crippen LogP contribution in [0.3, 0.4) is 0 Å². The van der Waals surface area contributed by atoms with Crippen LogP contribution in [0, 0.1) is 0 Å². The van der Waals surface area contributed by atoms with Crippen molar-refractivity contribution in [1.29, 1.82) is 0 Å². The normalized spacial score (nSPS) is 14.9. The Morgan fingerprint density at radius 2 is 1.91 bits per heavy atom. The van der Waals surface area contributed by atoms with Gasteiger partial charge in [0.05, 0.1) is 10.2 Å². The van der Waals surface area contributed by atoms with Gasteiger partial charge in [0.25, 0.3) is 0 Å². The summed E-state index contributed by atoms with van der Waals surface area (Å²) in [5.74, 6) is 0.479. The number of thiophene rings is 1. The number of aryl methyl sites for hydroxylation is 1. The van der Waals surface area contributed by atoms with Crippen molar-refractivity contribution in [2.24, 2.45) is 0 Å². The Morgan fingerprint density at radius 3 is 2.64 bits per heavy atom. The summed E-state index contributed by atoms with van der Waals surface area (Å²) in [5, 5.41) is 2.38. The number of nitrogens with zero attached hydrogens (tertiary/aromatic N) is 3. The molecule has 0 unspecified atom stereocenters. The number of aromatic nitrogens is 3. The highest BCUT2D eigenvalue weighted by Crippen LogP contribution is 2.41. The van der Waals surface area contributed by atoms with Crippen LogP contribution in [0.5, 0.6) is 0 Å². The van der Waals surface area contributed by atoms with E-state index in [1.165, 1.54) is 52.6 Å². The van der Waals surface area contributed by atoms with Gasteiger partial charge in [0.1, 0.15) is 16.2 Å². The van der Waals surface area contributed by atoms with Crippen LogP contribution < -0.4 is 0 Å². The lowest BCUT2D eigenvalue weighted by Gasteiger charge is -2.21. The zero-order valence-electron chi connectivity index (χ0n) is 13.1. The summed E-state index contributed by atoms with van der Waals surface area (Å²) in [7, 11) is 0. The lowest BCUT2D eigenvalue weighted by Crippen LogP contribution is -2.10. The van der Waals surface area contributed by atoms with E-state index in [1.54, 1.807) is 29.4 Å². The number of pyridine rings is 1. The number of hydrogen-bond acceptors (Lipinski definition) is 5. The molecule has 1 aliphatic carbocycles. The third kappa shape index (κ3) is 2.06. The molecule has 3 nitrogen and oxygen atoms in total. The molecule has 0 N–H and O–H groups in total. The molecule has 0 amide bonds. The zero-order valence-corrected chi connectivity index (χ0v) is 14.8. The van der Waals surface area contributed by atoms with Gasteiger partial charge in [-0.25, -0.2) is 15.0 Å². The van der Waals surface area contributed by atoms with Crippen LogP contribution in [0.2, 0.25) is 0 Å². The first kappa shape index (κ1) is 14.4. The highest BCUT2D eigenvalue weighted by atomic mass is 32.2. The standard InChI is InChI=1S/C17H19N3S2/c1-9(2)13-11-7-5-4-6-10(11)12-14-15(22-16(12)20-13)17(21-3)19-8-18-14/h8-9H,4-7H2,1-3H3. The molecule has 3 aromatic rings. The van der Waals surface area contributed by atoms with Gasteiger partial charge in [-0.2, -0.15) is 0 Å². The first-order chi connectivity index (χ1) is 10.7. The first-order valence-electron chi connectivity index (χ1n) is 7.83. The van der Waals surface area contributed by atoms with Crippen molar-refractivity contribution in [3.05, 3.63) is 23.1 Å². The van der Waals surface area contributed by atoms with Gasteiger partial charge in [-0.1, -0.05) is 13.8 Å². The Kier molecular flexibility index (Phi) is 3.57. The second-order valence-corrected chi connectivity index (χ2v) is 7.95. The van der Waals surface area contributed by atoms with Crippen molar-refractivity contribution in [1.82, 2.24) is 15.0 Å². The third-order valence-electron chi connectivity index (χ3n) is 4.46. The van der Waals surface area contributed by atoms with Crippen LogP contribution in [-0.2, 0) is 12.8 Å². The van der Waals surface area contributed by atoms with Crippen molar-refractivity contribution < 1.29 is 0 Å². The van der Waals surface area contributed by atoms with Crippen molar-refractivity contribution in [3.8, 4) is 0 Å². The van der Waals surface area contributed by atoms with E-state index in [-0.39, 0.29) is 0 Å². The predicted octanol–water partition coefficient (Wildman–Crippen LogP) is 4.96. The highest BCUT2D eigenvalue weighted by Gasteiger charge is 2.23. The molecule has 0 radical (unpaired) electrons. The molecule has 4 rings (SSSR count). The second kappa shape index (κ2) is 5.46. The molecule has 0 saturated heterocycles. The van der Waals surface area contributed by atoms with Gasteiger partial charge < -0.3 is 0 Å². The van der Waals surface area contributed by atoms with Crippen LogP contribution in [0.4, 0.5) is 0 Å². The zero-order chi connectivity index (χ0) is 15.3. The van der Waals surface area contributed by atoms with Crippen molar-refractivity contribution in [3.63, 3.8) is 0 Å². The smallest absolute Gasteiger partial charge is 0.126 e. The van der Waals surface area contributed by atoms with Gasteiger partial charge in [0, 0.05) is 11.1 Å². The van der Waals surface area contributed by atoms with Crippen LogP contribution in [-0.4, -0.2) is 21.2 Å². The minimum absolute atomic E-state index is 0.479. The lowest BCUT2D eigenvalue weighted by molar-refractivity contribution is 0.667. The van der Waals surface area contributed by atoms with E-state index < -0.39 is 0 Å². The van der Waals surface area contributed by atoms with E-state index >= 15 is 0 Å². The Balaban J connectivity index is 2.15. The largest absolute Gasteiger partial charge is 0.241 e. The molecular formula is C17H19N3S2. The van der Waals surface area contributed by atoms with Gasteiger partial charge in [-0.3, -0.25) is 0 Å². The molecule has 0 spiro atoms. The highest BCUT2D eigenvalue weighted by molar-refractivity contribution is 7.98. The van der Waals surface area contributed by atoms with Crippen molar-refractivity contribution >= 4 is 43.5 Å². The maximum absolute atomic E-state index is 5.04. The van der Waals surface area contributed by atoms with Crippen LogP contribution in [0.1, 0.15) is 49.4 Å². The first-order valence-corrected chi connectivity index (χ1v) is 9.87. The average Bonchev–Trinajstić information content (AvgIpc) is 2.92. The quantitative estimate of drug-likeness (QED) is 0.492. The fourth-order valence-corrected chi connectivity index (χ4v) is 5.35. The number of fused-ring (bicyclic) bond motifs is 5. The maximum atomic E-state index is 5.04. The van der Waals surface area contributed by atoms with E-state index in [9.17, 15) is 0 Å². The molecule has 114 valence electrons. The summed E-state index contributed by atoms with van der Waals surface area (Å²) in [5.41, 5.74) is 5.42. The summed E-state index contributed by atoms with van der Waals surface area (Å²) in [6.07, 6.45) is 8.68. The second-order valence-electron chi connectivity index (χ2n) is 6.16. The Bertz CT molecular complexity index is 867. The molecule has 0 fully saturated rings. The molecule has 0 atom stereocenters. The Hall–Kier alpha value is -1.20. The molecular weight excluding hydrogens is 310 g/mol. The molecule has 0 aromatic carbocycles. The lowest BCUT2D eigenvalue weighted by atomic mass is 9.86. The molecule has 0 bridgehead atoms. The SMILES string of the molecule is CSc1ncnc2c1sc1nc(C(C)C)c3c(c12)CCCC3. The molecule has 22 heavy (non-hydrogen) atoms. The average molecular weight is 329 g/mol. The summed E-state index contributed by atoms with van der Waals surface area (Å²) >= 11 is 3.45. The molecule has 5 heteroatoms. The molecule has 0 aliphatic heterocycles. The summed E-state index contributed by atoms with van der Waals surface area (Å²) in [6.45, 7) is 4.51. The summed E-state index contributed by atoms with van der Waals surface area (Å²) < 4.78 is 1.20. The van der Waals surface area contributed by atoms with E-state index in [0.717, 1.165) is 15.4 Å². The number of rotatable bonds is 2. The maximum Gasteiger partial charge on any atom is 0.126 e. The minimum Gasteiger partial charge on any atom is -0.241 e. The van der Waals surface area contributed by atoms with E-state index in [2.05, 4.69) is 30.1 Å². The van der Waals surface area contributed by atoms with E-state index in [1.807, 2.05) is 0 Å². The molecule has 0 saturated carbocycles. The Labute approximate surface area is 138 Å². The van der Waals surface area contributed by atoms with Gasteiger partial charge in [-0.15, -0.1) is 23.1 Å². The van der Waals surface area contributed by atoms with Crippen LogP contribution in [0.15, 0.2) is 11.4 Å². The van der Waals surface area contributed by atoms with Crippen molar-refractivity contribution in [2.75, 3.05) is 6.26 Å². The van der Waals surface area contributed by atoms with Gasteiger partial charge in [0.2, 0.25) is 0 Å². The Morgan fingerprint density at radius 1 is 1.14 bits per heavy atom. The van der Waals surface area contributed by atoms with E-state index in [0.29, 0.717) is 5.92 Å². The van der Waals surface area contributed by atoms with Gasteiger partial charge >= 0.3 is 0 Å². The minimum atomic E-state index is 0.479. The topological polar surface area (TPSA) is 38.7 Å². The fourth-order valence-electron chi connectivity index (χ4n) is 3.49. The van der Waals surface area contributed by atoms with Gasteiger partial charge in [-0.05, 0) is 49.0 Å².